The summed E-state index contributed by atoms with van der Waals surface area (Å²) in [5.41, 5.74) is -1.09. The maximum Gasteiger partial charge on any atom is 0.433 e. The number of hydrogen-bond donors (Lipinski definition) is 0. The molecule has 5 heterocycles. The lowest BCUT2D eigenvalue weighted by molar-refractivity contribution is -0.154. The molecule has 2 unspecified atom stereocenters. The molecule has 0 aromatic carbocycles. The van der Waals surface area contributed by atoms with Crippen molar-refractivity contribution >= 4 is 17.7 Å². The van der Waals surface area contributed by atoms with Crippen LogP contribution in [0, 0.1) is 0 Å². The van der Waals surface area contributed by atoms with Gasteiger partial charge in [0.1, 0.15) is 23.4 Å². The zero-order chi connectivity index (χ0) is 24.6. The summed E-state index contributed by atoms with van der Waals surface area (Å²) >= 11 is 0. The molecule has 2 atom stereocenters. The monoisotopic (exact) mass is 479 g/mol. The zero-order valence-electron chi connectivity index (χ0n) is 19.6. The van der Waals surface area contributed by atoms with Gasteiger partial charge in [-0.1, -0.05) is 0 Å². The number of amides is 1. The van der Waals surface area contributed by atoms with Crippen LogP contribution in [0.4, 0.5) is 19.0 Å². The van der Waals surface area contributed by atoms with Gasteiger partial charge in [0.2, 0.25) is 0 Å². The average molecular weight is 480 g/mol. The molecule has 8 nitrogen and oxygen atoms in total. The van der Waals surface area contributed by atoms with E-state index in [1.54, 1.807) is 16.7 Å². The van der Waals surface area contributed by atoms with Crippen molar-refractivity contribution in [3.8, 4) is 0 Å². The van der Waals surface area contributed by atoms with Crippen molar-refractivity contribution in [2.45, 2.75) is 69.9 Å². The Balaban J connectivity index is 1.29. The van der Waals surface area contributed by atoms with Crippen LogP contribution in [-0.2, 0) is 20.5 Å². The largest absolute Gasteiger partial charge is 0.450 e. The Bertz CT molecular complexity index is 1070. The molecule has 1 spiro atoms. The minimum absolute atomic E-state index is 0.0137. The lowest BCUT2D eigenvalue weighted by Gasteiger charge is -2.62. The van der Waals surface area contributed by atoms with Crippen molar-refractivity contribution in [2.75, 3.05) is 31.1 Å². The number of nitrogens with zero attached hydrogens (tertiary/aromatic N) is 5. The van der Waals surface area contributed by atoms with Gasteiger partial charge >= 0.3 is 12.1 Å². The summed E-state index contributed by atoms with van der Waals surface area (Å²) < 4.78 is 44.8. The summed E-state index contributed by atoms with van der Waals surface area (Å²) in [5, 5.41) is 0. The van der Waals surface area contributed by atoms with E-state index in [-0.39, 0.29) is 29.3 Å². The summed E-state index contributed by atoms with van der Waals surface area (Å²) in [6, 6.07) is 0.714. The van der Waals surface area contributed by atoms with Gasteiger partial charge in [0.25, 0.3) is 5.91 Å². The Morgan fingerprint density at radius 2 is 1.79 bits per heavy atom. The van der Waals surface area contributed by atoms with Crippen molar-refractivity contribution in [1.29, 1.82) is 0 Å². The van der Waals surface area contributed by atoms with Crippen molar-refractivity contribution in [1.82, 2.24) is 19.8 Å². The number of aromatic nitrogens is 2. The fourth-order valence-electron chi connectivity index (χ4n) is 5.55. The van der Waals surface area contributed by atoms with E-state index in [0.717, 1.165) is 25.5 Å². The number of rotatable bonds is 2. The van der Waals surface area contributed by atoms with E-state index < -0.39 is 23.4 Å². The first-order valence-electron chi connectivity index (χ1n) is 11.5. The Morgan fingerprint density at radius 1 is 1.12 bits per heavy atom. The molecule has 4 aliphatic heterocycles. The first kappa shape index (κ1) is 23.1. The van der Waals surface area contributed by atoms with E-state index in [0.29, 0.717) is 37.1 Å². The predicted octanol–water partition coefficient (Wildman–Crippen LogP) is 2.40. The molecule has 0 aliphatic carbocycles. The molecule has 1 amide bonds. The number of anilines is 1. The number of halogens is 3. The molecule has 1 aromatic rings. The molecule has 3 saturated heterocycles. The van der Waals surface area contributed by atoms with E-state index in [1.165, 1.54) is 0 Å². The number of piperazine rings is 1. The summed E-state index contributed by atoms with van der Waals surface area (Å²) in [4.78, 5) is 39.2. The Hall–Kier alpha value is -2.69. The van der Waals surface area contributed by atoms with Crippen molar-refractivity contribution in [3.63, 3.8) is 0 Å². The number of likely N-dealkylation sites (tertiary alicyclic amines) is 2. The molecule has 0 saturated carbocycles. The highest BCUT2D eigenvalue weighted by molar-refractivity contribution is 6.07. The van der Waals surface area contributed by atoms with Crippen LogP contribution in [0.15, 0.2) is 23.5 Å². The molecule has 0 radical (unpaired) electrons. The lowest BCUT2D eigenvalue weighted by Crippen LogP contribution is -2.80. The third-order valence-corrected chi connectivity index (χ3v) is 7.67. The highest BCUT2D eigenvalue weighted by Gasteiger charge is 2.59. The molecule has 184 valence electrons. The van der Waals surface area contributed by atoms with Crippen LogP contribution in [0.25, 0.3) is 0 Å². The third kappa shape index (κ3) is 3.47. The molecule has 11 heteroatoms. The molecule has 4 aliphatic rings. The van der Waals surface area contributed by atoms with Gasteiger partial charge in [0, 0.05) is 56.2 Å². The second kappa shape index (κ2) is 7.40. The number of hydrogen-bond acceptors (Lipinski definition) is 7. The van der Waals surface area contributed by atoms with Gasteiger partial charge in [0.05, 0.1) is 17.7 Å². The van der Waals surface area contributed by atoms with Crippen LogP contribution in [0.3, 0.4) is 0 Å². The summed E-state index contributed by atoms with van der Waals surface area (Å²) in [6.07, 6.45) is -2.51. The maximum absolute atomic E-state index is 13.6. The van der Waals surface area contributed by atoms with Gasteiger partial charge in [-0.2, -0.15) is 13.2 Å². The second-order valence-electron chi connectivity index (χ2n) is 10.5. The van der Waals surface area contributed by atoms with Crippen LogP contribution in [0.1, 0.15) is 46.2 Å². The second-order valence-corrected chi connectivity index (χ2v) is 10.5. The van der Waals surface area contributed by atoms with E-state index in [9.17, 15) is 22.8 Å². The highest BCUT2D eigenvalue weighted by atomic mass is 19.4. The molecule has 0 bridgehead atoms. The molecule has 0 N–H and O–H groups in total. The average Bonchev–Trinajstić information content (AvgIpc) is 2.97. The first-order chi connectivity index (χ1) is 15.8. The number of carbonyl (C=O) groups excluding carboxylic acids is 2. The van der Waals surface area contributed by atoms with Crippen LogP contribution in [0.2, 0.25) is 0 Å². The highest BCUT2D eigenvalue weighted by Crippen LogP contribution is 2.45. The molecular formula is C23H28F3N5O3. The normalized spacial score (nSPS) is 26.9. The molecule has 5 rings (SSSR count). The Kier molecular flexibility index (Phi) is 5.02. The maximum atomic E-state index is 13.6. The molecule has 1 aromatic heterocycles. The third-order valence-electron chi connectivity index (χ3n) is 7.67. The SMILES string of the molecule is CC1=C(C(=O)N2CC3C2CN3c2cc(C(F)(F)F)ncn2)C2(CCN(C(C)(C)C)CC2)OC1=O. The van der Waals surface area contributed by atoms with Crippen molar-refractivity contribution in [2.24, 2.45) is 0 Å². The minimum atomic E-state index is -4.54. The van der Waals surface area contributed by atoms with Gasteiger partial charge in [-0.3, -0.25) is 9.69 Å². The Labute approximate surface area is 195 Å². The van der Waals surface area contributed by atoms with Crippen LogP contribution in [0.5, 0.6) is 0 Å². The van der Waals surface area contributed by atoms with Crippen molar-refractivity contribution < 1.29 is 27.5 Å². The summed E-state index contributed by atoms with van der Waals surface area (Å²) in [5.74, 6) is -0.441. The fraction of sp³-hybridized carbons (Fsp3) is 0.652. The number of esters is 1. The van der Waals surface area contributed by atoms with E-state index in [1.807, 2.05) is 0 Å². The number of ether oxygens (including phenoxy) is 1. The quantitative estimate of drug-likeness (QED) is 0.603. The van der Waals surface area contributed by atoms with Gasteiger partial charge in [-0.15, -0.1) is 0 Å². The Morgan fingerprint density at radius 3 is 2.35 bits per heavy atom. The lowest BCUT2D eigenvalue weighted by atomic mass is 9.78. The zero-order valence-corrected chi connectivity index (χ0v) is 19.6. The molecule has 34 heavy (non-hydrogen) atoms. The summed E-state index contributed by atoms with van der Waals surface area (Å²) in [7, 11) is 0. The first-order valence-corrected chi connectivity index (χ1v) is 11.5. The van der Waals surface area contributed by atoms with Crippen molar-refractivity contribution in [3.05, 3.63) is 29.2 Å². The predicted molar refractivity (Wildman–Crippen MR) is 116 cm³/mol. The summed E-state index contributed by atoms with van der Waals surface area (Å²) in [6.45, 7) is 10.2. The smallest absolute Gasteiger partial charge is 0.433 e. The number of fused-ring (bicyclic) bond motifs is 1. The van der Waals surface area contributed by atoms with Crippen LogP contribution >= 0.6 is 0 Å². The van der Waals surface area contributed by atoms with Gasteiger partial charge in [-0.25, -0.2) is 14.8 Å². The number of alkyl halides is 3. The van der Waals surface area contributed by atoms with E-state index >= 15 is 0 Å². The number of piperidine rings is 1. The van der Waals surface area contributed by atoms with Gasteiger partial charge in [-0.05, 0) is 27.7 Å². The van der Waals surface area contributed by atoms with Crippen LogP contribution in [-0.4, -0.2) is 81.0 Å². The van der Waals surface area contributed by atoms with Gasteiger partial charge in [0.15, 0.2) is 0 Å². The van der Waals surface area contributed by atoms with Gasteiger partial charge < -0.3 is 14.5 Å². The fourth-order valence-corrected chi connectivity index (χ4v) is 5.55. The van der Waals surface area contributed by atoms with E-state index in [2.05, 4.69) is 35.6 Å². The topological polar surface area (TPSA) is 78.9 Å². The standard InChI is InChI=1S/C23H28F3N5O3/c1-13-18(22(34-20(13)33)5-7-29(8-6-22)21(2,3)4)19(32)31-11-14-15(31)10-30(14)17-9-16(23(24,25)26)27-12-28-17/h9,12,14-15H,5-8,10-11H2,1-4H3. The molecular weight excluding hydrogens is 451 g/mol. The molecule has 3 fully saturated rings. The van der Waals surface area contributed by atoms with E-state index in [4.69, 9.17) is 4.74 Å². The van der Waals surface area contributed by atoms with Crippen LogP contribution < -0.4 is 4.90 Å². The number of carbonyl (C=O) groups is 2. The minimum Gasteiger partial charge on any atom is -0.450 e.